The highest BCUT2D eigenvalue weighted by Gasteiger charge is 2.50. The molecular formula is C35H48F2N4O3S. The number of rotatable bonds is 16. The van der Waals surface area contributed by atoms with Crippen LogP contribution in [0.5, 0.6) is 0 Å². The van der Waals surface area contributed by atoms with E-state index in [2.05, 4.69) is 24.1 Å². The van der Waals surface area contributed by atoms with Crippen LogP contribution in [0.2, 0.25) is 0 Å². The lowest BCUT2D eigenvalue weighted by molar-refractivity contribution is -0.132. The summed E-state index contributed by atoms with van der Waals surface area (Å²) in [6, 6.07) is 3.22. The highest BCUT2D eigenvalue weighted by Crippen LogP contribution is 2.49. The maximum Gasteiger partial charge on any atom is 0.249 e. The van der Waals surface area contributed by atoms with E-state index >= 15 is 0 Å². The van der Waals surface area contributed by atoms with Gasteiger partial charge in [0.15, 0.2) is 0 Å². The first-order chi connectivity index (χ1) is 21.3. The Kier molecular flexibility index (Phi) is 11.4. The number of amides is 2. The molecule has 2 aliphatic carbocycles. The number of aromatic nitrogens is 1. The topological polar surface area (TPSA) is 109 Å². The second kappa shape index (κ2) is 14.6. The van der Waals surface area contributed by atoms with Gasteiger partial charge in [-0.2, -0.15) is 0 Å². The molecule has 1 aromatic carbocycles. The minimum atomic E-state index is -1.47. The molecule has 2 aromatic rings. The predicted octanol–water partition coefficient (Wildman–Crippen LogP) is 5.82. The van der Waals surface area contributed by atoms with Gasteiger partial charge in [0.2, 0.25) is 11.8 Å². The second-order valence-electron chi connectivity index (χ2n) is 13.3. The number of aliphatic hydroxyl groups is 1. The summed E-state index contributed by atoms with van der Waals surface area (Å²) in [4.78, 5) is 34.8. The number of thiazole rings is 1. The van der Waals surface area contributed by atoms with Crippen LogP contribution in [-0.2, 0) is 28.0 Å². The van der Waals surface area contributed by atoms with Crippen LogP contribution in [0, 0.1) is 28.9 Å². The molecule has 246 valence electrons. The normalized spacial score (nSPS) is 20.4. The molecule has 1 aromatic heterocycles. The van der Waals surface area contributed by atoms with Gasteiger partial charge >= 0.3 is 0 Å². The van der Waals surface area contributed by atoms with Crippen LogP contribution >= 0.6 is 11.3 Å². The standard InChI is InChI=1S/C35H48F2N4O3S/c1-6-10-41(11-7-2)32(43)25-13-23(5)18-34(19-25,33(38)44)28(16-24-14-26(36)17-27(37)15-24)29(42)20-40-35(8-9-35)30-21-39-31(45-30)12-22(3)4/h13-15,17-18,21-22,28-29,40,42H,6-12,16,19-20H2,1-5H3,(H2,38,44)/t28-,29+,34?/m1/s1. The average molecular weight is 643 g/mol. The van der Waals surface area contributed by atoms with Gasteiger partial charge in [-0.15, -0.1) is 11.3 Å². The number of nitrogens with zero attached hydrogens (tertiary/aromatic N) is 2. The van der Waals surface area contributed by atoms with Crippen LogP contribution < -0.4 is 11.1 Å². The number of benzene rings is 1. The van der Waals surface area contributed by atoms with E-state index in [-0.39, 0.29) is 30.8 Å². The predicted molar refractivity (Wildman–Crippen MR) is 174 cm³/mol. The number of halogens is 2. The minimum Gasteiger partial charge on any atom is -0.391 e. The molecule has 1 saturated carbocycles. The summed E-state index contributed by atoms with van der Waals surface area (Å²) in [5, 5.41) is 16.5. The van der Waals surface area contributed by atoms with Crippen molar-refractivity contribution in [2.24, 2.45) is 23.0 Å². The molecule has 0 radical (unpaired) electrons. The van der Waals surface area contributed by atoms with Gasteiger partial charge in [-0.25, -0.2) is 13.8 Å². The quantitative estimate of drug-likeness (QED) is 0.214. The third-order valence-electron chi connectivity index (χ3n) is 8.89. The number of nitrogens with two attached hydrogens (primary N) is 1. The maximum atomic E-state index is 14.3. The van der Waals surface area contributed by atoms with Crippen LogP contribution in [0.4, 0.5) is 8.78 Å². The SMILES string of the molecule is CCCN(CCC)C(=O)C1=CC(C)=CC(C(N)=O)([C@H](Cc2cc(F)cc(F)c2)[C@@H](O)CNC2(c3cnc(CC(C)C)s3)CC2)C1. The van der Waals surface area contributed by atoms with Gasteiger partial charge in [0.1, 0.15) is 11.6 Å². The monoisotopic (exact) mass is 642 g/mol. The summed E-state index contributed by atoms with van der Waals surface area (Å²) in [5.41, 5.74) is 5.80. The van der Waals surface area contributed by atoms with Crippen molar-refractivity contribution in [3.8, 4) is 0 Å². The minimum absolute atomic E-state index is 0.0134. The summed E-state index contributed by atoms with van der Waals surface area (Å²) in [5.74, 6) is -2.75. The number of carbonyl (C=O) groups excluding carboxylic acids is 2. The van der Waals surface area contributed by atoms with E-state index in [1.807, 2.05) is 20.0 Å². The van der Waals surface area contributed by atoms with Gasteiger partial charge in [-0.1, -0.05) is 45.4 Å². The molecule has 0 saturated heterocycles. The summed E-state index contributed by atoms with van der Waals surface area (Å²) in [7, 11) is 0. The molecule has 1 fully saturated rings. The summed E-state index contributed by atoms with van der Waals surface area (Å²) in [6.45, 7) is 11.4. The average Bonchev–Trinajstić information content (AvgIpc) is 3.62. The highest BCUT2D eigenvalue weighted by atomic mass is 32.1. The molecule has 0 spiro atoms. The van der Waals surface area contributed by atoms with Crippen molar-refractivity contribution in [3.63, 3.8) is 0 Å². The van der Waals surface area contributed by atoms with Crippen molar-refractivity contribution >= 4 is 23.2 Å². The van der Waals surface area contributed by atoms with Crippen molar-refractivity contribution in [1.29, 1.82) is 0 Å². The molecular weight excluding hydrogens is 594 g/mol. The Morgan fingerprint density at radius 1 is 1.11 bits per heavy atom. The van der Waals surface area contributed by atoms with E-state index in [1.165, 1.54) is 12.1 Å². The Morgan fingerprint density at radius 3 is 2.31 bits per heavy atom. The lowest BCUT2D eigenvalue weighted by atomic mass is 9.63. The lowest BCUT2D eigenvalue weighted by Crippen LogP contribution is -2.52. The molecule has 1 heterocycles. The summed E-state index contributed by atoms with van der Waals surface area (Å²) in [6.07, 6.45) is 8.48. The molecule has 7 nitrogen and oxygen atoms in total. The van der Waals surface area contributed by atoms with Crippen molar-refractivity contribution in [1.82, 2.24) is 15.2 Å². The van der Waals surface area contributed by atoms with Crippen LogP contribution in [0.15, 0.2) is 47.7 Å². The van der Waals surface area contributed by atoms with Crippen molar-refractivity contribution in [3.05, 3.63) is 74.8 Å². The Balaban J connectivity index is 1.67. The van der Waals surface area contributed by atoms with Gasteiger partial charge < -0.3 is 21.1 Å². The Labute approximate surface area is 270 Å². The number of carbonyl (C=O) groups is 2. The van der Waals surface area contributed by atoms with Gasteiger partial charge in [0.05, 0.1) is 22.1 Å². The fourth-order valence-electron chi connectivity index (χ4n) is 6.61. The maximum absolute atomic E-state index is 14.3. The molecule has 0 aliphatic heterocycles. The molecule has 0 bridgehead atoms. The number of hydrogen-bond donors (Lipinski definition) is 3. The number of hydrogen-bond acceptors (Lipinski definition) is 6. The van der Waals surface area contributed by atoms with E-state index < -0.39 is 35.0 Å². The first kappa shape index (κ1) is 34.9. The second-order valence-corrected chi connectivity index (χ2v) is 14.4. The third-order valence-corrected chi connectivity index (χ3v) is 10.1. The van der Waals surface area contributed by atoms with Crippen molar-refractivity contribution < 1.29 is 23.5 Å². The molecule has 4 rings (SSSR count). The van der Waals surface area contributed by atoms with Crippen LogP contribution in [0.25, 0.3) is 0 Å². The number of allylic oxidation sites excluding steroid dienone is 2. The van der Waals surface area contributed by atoms with Crippen LogP contribution in [-0.4, -0.2) is 52.5 Å². The molecule has 4 N–H and O–H groups in total. The van der Waals surface area contributed by atoms with Gasteiger partial charge in [-0.05, 0) is 69.1 Å². The molecule has 1 unspecified atom stereocenters. The molecule has 45 heavy (non-hydrogen) atoms. The zero-order chi connectivity index (χ0) is 32.9. The van der Waals surface area contributed by atoms with E-state index in [0.29, 0.717) is 35.7 Å². The Morgan fingerprint density at radius 2 is 1.76 bits per heavy atom. The van der Waals surface area contributed by atoms with E-state index in [1.54, 1.807) is 35.3 Å². The van der Waals surface area contributed by atoms with E-state index in [4.69, 9.17) is 5.73 Å². The van der Waals surface area contributed by atoms with E-state index in [9.17, 15) is 23.5 Å². The fourth-order valence-corrected chi connectivity index (χ4v) is 7.96. The lowest BCUT2D eigenvalue weighted by Gasteiger charge is -2.42. The Bertz CT molecular complexity index is 1410. The molecule has 2 aliphatic rings. The summed E-state index contributed by atoms with van der Waals surface area (Å²) < 4.78 is 28.7. The molecule has 2 amide bonds. The smallest absolute Gasteiger partial charge is 0.249 e. The largest absolute Gasteiger partial charge is 0.391 e. The zero-order valence-electron chi connectivity index (χ0n) is 27.2. The van der Waals surface area contributed by atoms with Gasteiger partial charge in [-0.3, -0.25) is 9.59 Å². The summed E-state index contributed by atoms with van der Waals surface area (Å²) >= 11 is 1.67. The molecule has 10 heteroatoms. The first-order valence-corrected chi connectivity index (χ1v) is 17.0. The van der Waals surface area contributed by atoms with Crippen LogP contribution in [0.3, 0.4) is 0 Å². The fraction of sp³-hybridized carbons (Fsp3) is 0.571. The number of primary amides is 1. The van der Waals surface area contributed by atoms with Gasteiger partial charge in [0.25, 0.3) is 0 Å². The first-order valence-electron chi connectivity index (χ1n) is 16.1. The highest BCUT2D eigenvalue weighted by molar-refractivity contribution is 7.11. The number of nitrogens with one attached hydrogen (secondary N) is 1. The zero-order valence-corrected chi connectivity index (χ0v) is 28.0. The van der Waals surface area contributed by atoms with E-state index in [0.717, 1.165) is 48.1 Å². The van der Waals surface area contributed by atoms with Crippen molar-refractivity contribution in [2.45, 2.75) is 91.2 Å². The van der Waals surface area contributed by atoms with Gasteiger partial charge in [0, 0.05) is 54.7 Å². The van der Waals surface area contributed by atoms with Crippen LogP contribution in [0.1, 0.15) is 82.2 Å². The Hall–Kier alpha value is -2.95. The molecule has 3 atom stereocenters. The number of aliphatic hydroxyl groups excluding tert-OH is 1. The van der Waals surface area contributed by atoms with Crippen molar-refractivity contribution in [2.75, 3.05) is 19.6 Å². The third kappa shape index (κ3) is 8.26.